The molecule has 8 heteroatoms. The Hall–Kier alpha value is -3.97. The number of benzene rings is 3. The van der Waals surface area contributed by atoms with Gasteiger partial charge in [-0.25, -0.2) is 9.29 Å². The van der Waals surface area contributed by atoms with Crippen molar-refractivity contribution in [2.45, 2.75) is 6.92 Å². The first-order valence-electron chi connectivity index (χ1n) is 9.64. The van der Waals surface area contributed by atoms with Crippen molar-refractivity contribution in [3.63, 3.8) is 0 Å². The lowest BCUT2D eigenvalue weighted by molar-refractivity contribution is -0.120. The molecule has 160 valence electrons. The number of imide groups is 1. The van der Waals surface area contributed by atoms with E-state index >= 15 is 0 Å². The third kappa shape index (κ3) is 3.98. The summed E-state index contributed by atoms with van der Waals surface area (Å²) >= 11 is 6.08. The molecule has 1 aliphatic rings. The van der Waals surface area contributed by atoms with Gasteiger partial charge in [-0.3, -0.25) is 14.4 Å². The van der Waals surface area contributed by atoms with Gasteiger partial charge in [-0.05, 0) is 55.0 Å². The third-order valence-corrected chi connectivity index (χ3v) is 5.28. The second kappa shape index (κ2) is 8.64. The quantitative estimate of drug-likeness (QED) is 0.547. The molecule has 0 saturated heterocycles. The second-order valence-corrected chi connectivity index (χ2v) is 7.44. The van der Waals surface area contributed by atoms with Crippen LogP contribution in [0, 0.1) is 12.7 Å². The Morgan fingerprint density at radius 1 is 0.906 bits per heavy atom. The minimum absolute atomic E-state index is 0.169. The Balaban J connectivity index is 1.50. The minimum Gasteiger partial charge on any atom is -0.350 e. The number of hydrogen-bond donors (Lipinski definition) is 2. The minimum atomic E-state index is -0.821. The highest BCUT2D eigenvalue weighted by molar-refractivity contribution is 6.53. The van der Waals surface area contributed by atoms with Gasteiger partial charge in [-0.1, -0.05) is 41.9 Å². The van der Waals surface area contributed by atoms with E-state index in [1.165, 1.54) is 18.2 Å². The van der Waals surface area contributed by atoms with Gasteiger partial charge in [0.05, 0.1) is 5.69 Å². The van der Waals surface area contributed by atoms with Crippen molar-refractivity contribution in [2.75, 3.05) is 15.5 Å². The lowest BCUT2D eigenvalue weighted by Gasteiger charge is -2.15. The van der Waals surface area contributed by atoms with Crippen LogP contribution in [0.5, 0.6) is 0 Å². The van der Waals surface area contributed by atoms with Crippen LogP contribution in [0.15, 0.2) is 83.5 Å². The third-order valence-electron chi connectivity index (χ3n) is 4.93. The predicted octanol–water partition coefficient (Wildman–Crippen LogP) is 4.82. The molecule has 2 N–H and O–H groups in total. The lowest BCUT2D eigenvalue weighted by Crippen LogP contribution is -2.33. The fraction of sp³-hybridized carbons (Fsp3) is 0.0417. The first-order chi connectivity index (χ1) is 15.4. The molecule has 0 spiro atoms. The van der Waals surface area contributed by atoms with Crippen molar-refractivity contribution in [1.82, 2.24) is 0 Å². The summed E-state index contributed by atoms with van der Waals surface area (Å²) in [6.45, 7) is 1.89. The van der Waals surface area contributed by atoms with E-state index in [2.05, 4.69) is 10.6 Å². The Bertz CT molecular complexity index is 1270. The van der Waals surface area contributed by atoms with Crippen LogP contribution in [0.3, 0.4) is 0 Å². The highest BCUT2D eigenvalue weighted by atomic mass is 35.5. The van der Waals surface area contributed by atoms with Gasteiger partial charge in [0.15, 0.2) is 0 Å². The summed E-state index contributed by atoms with van der Waals surface area (Å²) in [5.41, 5.74) is 2.13. The summed E-state index contributed by atoms with van der Waals surface area (Å²) < 4.78 is 14.1. The lowest BCUT2D eigenvalue weighted by atomic mass is 10.1. The van der Waals surface area contributed by atoms with Crippen LogP contribution < -0.4 is 15.5 Å². The van der Waals surface area contributed by atoms with Crippen LogP contribution in [0.2, 0.25) is 0 Å². The molecule has 3 aromatic carbocycles. The fourth-order valence-electron chi connectivity index (χ4n) is 3.22. The second-order valence-electron chi connectivity index (χ2n) is 7.06. The van der Waals surface area contributed by atoms with E-state index in [4.69, 9.17) is 11.6 Å². The molecular weight excluding hydrogens is 433 g/mol. The van der Waals surface area contributed by atoms with Crippen LogP contribution in [0.4, 0.5) is 21.5 Å². The van der Waals surface area contributed by atoms with Crippen molar-refractivity contribution in [1.29, 1.82) is 0 Å². The molecule has 0 fully saturated rings. The number of carbonyl (C=O) groups is 3. The topological polar surface area (TPSA) is 78.5 Å². The van der Waals surface area contributed by atoms with E-state index in [0.717, 1.165) is 11.6 Å². The molecule has 3 amide bonds. The number of nitrogens with one attached hydrogen (secondary N) is 2. The predicted molar refractivity (Wildman–Crippen MR) is 121 cm³/mol. The highest BCUT2D eigenvalue weighted by Crippen LogP contribution is 2.31. The molecular formula is C24H17ClFN3O3. The Morgan fingerprint density at radius 2 is 1.56 bits per heavy atom. The SMILES string of the molecule is Cc1ccccc1NC(=O)c1ccc(NC2=C(Cl)C(=O)N(c3ccccc3F)C2=O)cc1. The summed E-state index contributed by atoms with van der Waals surface area (Å²) in [4.78, 5) is 38.4. The van der Waals surface area contributed by atoms with Gasteiger partial charge in [0.2, 0.25) is 0 Å². The standard InChI is InChI=1S/C24H17ClFN3O3/c1-14-6-2-4-8-18(14)28-22(30)15-10-12-16(13-11-15)27-21-20(25)23(31)29(24(21)32)19-9-5-3-7-17(19)26/h2-13,27H,1H3,(H,28,30). The number of nitrogens with zero attached hydrogens (tertiary/aromatic N) is 1. The van der Waals surface area contributed by atoms with Crippen LogP contribution in [-0.4, -0.2) is 17.7 Å². The Morgan fingerprint density at radius 3 is 2.25 bits per heavy atom. The van der Waals surface area contributed by atoms with Crippen molar-refractivity contribution in [2.24, 2.45) is 0 Å². The highest BCUT2D eigenvalue weighted by Gasteiger charge is 2.40. The summed E-state index contributed by atoms with van der Waals surface area (Å²) in [7, 11) is 0. The Kier molecular flexibility index (Phi) is 5.75. The maximum Gasteiger partial charge on any atom is 0.283 e. The van der Waals surface area contributed by atoms with Gasteiger partial charge in [0.25, 0.3) is 17.7 Å². The number of anilines is 3. The normalized spacial score (nSPS) is 13.5. The van der Waals surface area contributed by atoms with Crippen molar-refractivity contribution >= 4 is 46.4 Å². The van der Waals surface area contributed by atoms with E-state index < -0.39 is 17.6 Å². The molecule has 0 aliphatic carbocycles. The number of hydrogen-bond acceptors (Lipinski definition) is 4. The van der Waals surface area contributed by atoms with E-state index in [9.17, 15) is 18.8 Å². The van der Waals surface area contributed by atoms with Crippen molar-refractivity contribution < 1.29 is 18.8 Å². The number of halogens is 2. The fourth-order valence-corrected chi connectivity index (χ4v) is 3.43. The maximum absolute atomic E-state index is 14.1. The Labute approximate surface area is 188 Å². The van der Waals surface area contributed by atoms with Crippen LogP contribution in [0.1, 0.15) is 15.9 Å². The summed E-state index contributed by atoms with van der Waals surface area (Å²) in [6.07, 6.45) is 0. The van der Waals surface area contributed by atoms with Gasteiger partial charge >= 0.3 is 0 Å². The van der Waals surface area contributed by atoms with Gasteiger partial charge < -0.3 is 10.6 Å². The molecule has 3 aromatic rings. The summed E-state index contributed by atoms with van der Waals surface area (Å²) in [6, 6.07) is 19.1. The van der Waals surface area contributed by atoms with E-state index in [1.807, 2.05) is 31.2 Å². The molecule has 0 radical (unpaired) electrons. The molecule has 1 aliphatic heterocycles. The zero-order valence-electron chi connectivity index (χ0n) is 16.9. The molecule has 6 nitrogen and oxygen atoms in total. The molecule has 0 aromatic heterocycles. The van der Waals surface area contributed by atoms with Crippen LogP contribution in [-0.2, 0) is 9.59 Å². The van der Waals surface area contributed by atoms with Crippen molar-refractivity contribution in [3.8, 4) is 0 Å². The number of aryl methyl sites for hydroxylation is 1. The molecule has 32 heavy (non-hydrogen) atoms. The summed E-state index contributed by atoms with van der Waals surface area (Å²) in [5.74, 6) is -2.60. The zero-order valence-corrected chi connectivity index (χ0v) is 17.6. The van der Waals surface area contributed by atoms with Gasteiger partial charge in [0, 0.05) is 16.9 Å². The molecule has 0 atom stereocenters. The number of para-hydroxylation sites is 2. The van der Waals surface area contributed by atoms with Gasteiger partial charge in [-0.2, -0.15) is 0 Å². The molecule has 0 bridgehead atoms. The zero-order chi connectivity index (χ0) is 22.8. The molecule has 1 heterocycles. The van der Waals surface area contributed by atoms with Gasteiger partial charge in [-0.15, -0.1) is 0 Å². The summed E-state index contributed by atoms with van der Waals surface area (Å²) in [5, 5.41) is 5.29. The van der Waals surface area contributed by atoms with E-state index in [1.54, 1.807) is 24.3 Å². The number of amides is 3. The number of rotatable bonds is 5. The average molecular weight is 450 g/mol. The average Bonchev–Trinajstić information content (AvgIpc) is 2.99. The first-order valence-corrected chi connectivity index (χ1v) is 10.0. The maximum atomic E-state index is 14.1. The monoisotopic (exact) mass is 449 g/mol. The molecule has 4 rings (SSSR count). The van der Waals surface area contributed by atoms with E-state index in [-0.39, 0.29) is 22.3 Å². The largest absolute Gasteiger partial charge is 0.350 e. The van der Waals surface area contributed by atoms with Gasteiger partial charge in [0.1, 0.15) is 16.5 Å². The van der Waals surface area contributed by atoms with Crippen LogP contribution in [0.25, 0.3) is 0 Å². The number of carbonyl (C=O) groups excluding carboxylic acids is 3. The first kappa shape index (κ1) is 21.3. The van der Waals surface area contributed by atoms with Crippen molar-refractivity contribution in [3.05, 3.63) is 100 Å². The molecule has 0 unspecified atom stereocenters. The van der Waals surface area contributed by atoms with E-state index in [0.29, 0.717) is 21.8 Å². The van der Waals surface area contributed by atoms with Crippen LogP contribution >= 0.6 is 11.6 Å². The molecule has 0 saturated carbocycles. The smallest absolute Gasteiger partial charge is 0.283 e.